The van der Waals surface area contributed by atoms with Gasteiger partial charge < -0.3 is 20.1 Å². The Morgan fingerprint density at radius 2 is 2.16 bits per heavy atom. The maximum absolute atomic E-state index is 11.2. The number of methoxy groups -OCH3 is 1. The van der Waals surface area contributed by atoms with Gasteiger partial charge in [-0.1, -0.05) is 12.8 Å². The van der Waals surface area contributed by atoms with Crippen LogP contribution in [-0.2, 0) is 4.74 Å². The van der Waals surface area contributed by atoms with Gasteiger partial charge in [0.2, 0.25) is 0 Å². The third-order valence-corrected chi connectivity index (χ3v) is 3.39. The van der Waals surface area contributed by atoms with E-state index in [4.69, 9.17) is 15.2 Å². The zero-order chi connectivity index (χ0) is 13.8. The number of urea groups is 1. The Bertz CT molecular complexity index is 464. The van der Waals surface area contributed by atoms with Crippen molar-refractivity contribution in [3.8, 4) is 5.75 Å². The Hall–Kier alpha value is -1.60. The summed E-state index contributed by atoms with van der Waals surface area (Å²) >= 11 is 4.08. The minimum absolute atomic E-state index is 0.530. The highest BCUT2D eigenvalue weighted by Crippen LogP contribution is 2.33. The van der Waals surface area contributed by atoms with Crippen molar-refractivity contribution in [1.82, 2.24) is 0 Å². The molecule has 2 rings (SSSR count). The van der Waals surface area contributed by atoms with E-state index in [0.717, 1.165) is 23.1 Å². The average molecular weight is 283 g/mol. The number of amides is 2. The van der Waals surface area contributed by atoms with Gasteiger partial charge in [0.1, 0.15) is 11.4 Å². The first kappa shape index (κ1) is 13.8. The summed E-state index contributed by atoms with van der Waals surface area (Å²) in [6.45, 7) is 3.02. The average Bonchev–Trinajstić information content (AvgIpc) is 2.46. The van der Waals surface area contributed by atoms with Gasteiger partial charge in [0.05, 0.1) is 20.3 Å². The summed E-state index contributed by atoms with van der Waals surface area (Å²) in [5.74, 6) is 0.547. The number of hydrogen-bond donors (Lipinski definition) is 2. The Morgan fingerprint density at radius 1 is 1.47 bits per heavy atom. The molecule has 1 aromatic carbocycles. The molecule has 1 aliphatic heterocycles. The number of benzene rings is 1. The first-order valence-electron chi connectivity index (χ1n) is 5.92. The molecule has 1 heterocycles. The summed E-state index contributed by atoms with van der Waals surface area (Å²) in [5, 5.41) is 0. The number of hydrogen-bond acceptors (Lipinski definition) is 5. The predicted octanol–water partition coefficient (Wildman–Crippen LogP) is 1.26. The number of thiol groups is 1. The maximum atomic E-state index is 11.2. The van der Waals surface area contributed by atoms with Crippen LogP contribution < -0.4 is 19.7 Å². The summed E-state index contributed by atoms with van der Waals surface area (Å²) in [4.78, 5) is 13.4. The largest absolute Gasteiger partial charge is 0.495 e. The molecule has 0 atom stereocenters. The second kappa shape index (κ2) is 6.03. The van der Waals surface area contributed by atoms with Gasteiger partial charge in [-0.3, -0.25) is 0 Å². The molecule has 0 spiro atoms. The quantitative estimate of drug-likeness (QED) is 0.820. The number of anilines is 2. The molecular formula is C12H17N3O3S. The van der Waals surface area contributed by atoms with E-state index in [2.05, 4.69) is 17.7 Å². The predicted molar refractivity (Wildman–Crippen MR) is 77.1 cm³/mol. The molecule has 0 aliphatic carbocycles. The zero-order valence-corrected chi connectivity index (χ0v) is 11.6. The van der Waals surface area contributed by atoms with Gasteiger partial charge in [-0.15, -0.1) is 0 Å². The van der Waals surface area contributed by atoms with Crippen molar-refractivity contribution in [3.05, 3.63) is 18.2 Å². The summed E-state index contributed by atoms with van der Waals surface area (Å²) in [6.07, 6.45) is 0. The lowest BCUT2D eigenvalue weighted by molar-refractivity contribution is 0.122. The fraction of sp³-hybridized carbons (Fsp3) is 0.417. The number of nitrogens with two attached hydrogens (primary N) is 1. The molecule has 19 heavy (non-hydrogen) atoms. The number of morpholine rings is 1. The van der Waals surface area contributed by atoms with Gasteiger partial charge in [0, 0.05) is 18.8 Å². The lowest BCUT2D eigenvalue weighted by Crippen LogP contribution is -2.36. The van der Waals surface area contributed by atoms with E-state index in [9.17, 15) is 4.79 Å². The maximum Gasteiger partial charge on any atom is 0.329 e. The normalized spacial score (nSPS) is 15.2. The number of carbonyl (C=O) groups excluding carboxylic acids is 1. The summed E-state index contributed by atoms with van der Waals surface area (Å²) in [6, 6.07) is 4.92. The third-order valence-electron chi connectivity index (χ3n) is 2.98. The van der Waals surface area contributed by atoms with Gasteiger partial charge in [-0.05, 0) is 18.2 Å². The molecule has 2 amide bonds. The fourth-order valence-electron chi connectivity index (χ4n) is 1.98. The minimum Gasteiger partial charge on any atom is -0.495 e. The second-order valence-corrected chi connectivity index (χ2v) is 4.51. The topological polar surface area (TPSA) is 68.0 Å². The summed E-state index contributed by atoms with van der Waals surface area (Å²) in [7, 11) is 1.54. The highest BCUT2D eigenvalue weighted by Gasteiger charge is 2.17. The van der Waals surface area contributed by atoms with Crippen molar-refractivity contribution in [2.75, 3.05) is 42.6 Å². The van der Waals surface area contributed by atoms with Crippen LogP contribution in [0, 0.1) is 0 Å². The van der Waals surface area contributed by atoms with E-state index in [1.807, 2.05) is 12.1 Å². The van der Waals surface area contributed by atoms with E-state index in [0.29, 0.717) is 24.7 Å². The SMILES string of the molecule is COc1ccc(N2CCOCC2)cc1N(S)C(N)=O. The third kappa shape index (κ3) is 3.05. The first-order valence-corrected chi connectivity index (χ1v) is 6.32. The fourth-order valence-corrected chi connectivity index (χ4v) is 2.14. The Kier molecular flexibility index (Phi) is 4.39. The second-order valence-electron chi connectivity index (χ2n) is 4.11. The monoisotopic (exact) mass is 283 g/mol. The molecule has 1 saturated heterocycles. The van der Waals surface area contributed by atoms with Crippen LogP contribution in [0.3, 0.4) is 0 Å². The standard InChI is InChI=1S/C12H17N3O3S/c1-17-11-3-2-9(14-4-6-18-7-5-14)8-10(11)15(19)12(13)16/h2-3,8,19H,4-7H2,1H3,(H2,13,16). The van der Waals surface area contributed by atoms with E-state index in [1.54, 1.807) is 6.07 Å². The van der Waals surface area contributed by atoms with Crippen LogP contribution in [0.2, 0.25) is 0 Å². The number of primary amides is 1. The van der Waals surface area contributed by atoms with E-state index in [-0.39, 0.29) is 0 Å². The van der Waals surface area contributed by atoms with Crippen LogP contribution in [-0.4, -0.2) is 39.4 Å². The molecule has 7 heteroatoms. The molecule has 6 nitrogen and oxygen atoms in total. The number of ether oxygens (including phenoxy) is 2. The molecule has 0 aromatic heterocycles. The van der Waals surface area contributed by atoms with Gasteiger partial charge in [0.15, 0.2) is 0 Å². The van der Waals surface area contributed by atoms with Crippen molar-refractivity contribution in [3.63, 3.8) is 0 Å². The van der Waals surface area contributed by atoms with Crippen LogP contribution in [0.5, 0.6) is 5.75 Å². The van der Waals surface area contributed by atoms with Crippen LogP contribution in [0.15, 0.2) is 18.2 Å². The van der Waals surface area contributed by atoms with Gasteiger partial charge in [0.25, 0.3) is 0 Å². The molecule has 0 radical (unpaired) electrons. The first-order chi connectivity index (χ1) is 9.13. The van der Waals surface area contributed by atoms with Crippen LogP contribution in [0.4, 0.5) is 16.2 Å². The van der Waals surface area contributed by atoms with Gasteiger partial charge in [-0.25, -0.2) is 9.10 Å². The molecule has 0 unspecified atom stereocenters. The number of rotatable bonds is 3. The van der Waals surface area contributed by atoms with Gasteiger partial charge >= 0.3 is 6.03 Å². The van der Waals surface area contributed by atoms with E-state index < -0.39 is 6.03 Å². The number of carbonyl (C=O) groups is 1. The molecule has 1 fully saturated rings. The minimum atomic E-state index is -0.652. The van der Waals surface area contributed by atoms with Crippen molar-refractivity contribution in [2.24, 2.45) is 5.73 Å². The van der Waals surface area contributed by atoms with Crippen LogP contribution in [0.25, 0.3) is 0 Å². The summed E-state index contributed by atoms with van der Waals surface area (Å²) in [5.41, 5.74) is 6.76. The van der Waals surface area contributed by atoms with E-state index >= 15 is 0 Å². The van der Waals surface area contributed by atoms with Crippen molar-refractivity contribution >= 4 is 30.2 Å². The summed E-state index contributed by atoms with van der Waals surface area (Å²) < 4.78 is 11.6. The lowest BCUT2D eigenvalue weighted by Gasteiger charge is -2.30. The number of nitrogens with zero attached hydrogens (tertiary/aromatic N) is 2. The van der Waals surface area contributed by atoms with Crippen molar-refractivity contribution < 1.29 is 14.3 Å². The smallest absolute Gasteiger partial charge is 0.329 e. The molecule has 2 N–H and O–H groups in total. The molecule has 104 valence electrons. The Balaban J connectivity index is 2.31. The van der Waals surface area contributed by atoms with Gasteiger partial charge in [-0.2, -0.15) is 0 Å². The van der Waals surface area contributed by atoms with Crippen LogP contribution in [0.1, 0.15) is 0 Å². The Labute approximate surface area is 117 Å². The molecule has 0 saturated carbocycles. The van der Waals surface area contributed by atoms with Crippen molar-refractivity contribution in [2.45, 2.75) is 0 Å². The van der Waals surface area contributed by atoms with Crippen molar-refractivity contribution in [1.29, 1.82) is 0 Å². The molecular weight excluding hydrogens is 266 g/mol. The highest BCUT2D eigenvalue weighted by molar-refractivity contribution is 7.82. The molecule has 1 aromatic rings. The van der Waals surface area contributed by atoms with E-state index in [1.165, 1.54) is 7.11 Å². The van der Waals surface area contributed by atoms with Crippen LogP contribution >= 0.6 is 12.8 Å². The highest BCUT2D eigenvalue weighted by atomic mass is 32.1. The lowest BCUT2D eigenvalue weighted by atomic mass is 10.2. The molecule has 1 aliphatic rings. The zero-order valence-electron chi connectivity index (χ0n) is 10.7. The molecule has 0 bridgehead atoms. The Morgan fingerprint density at radius 3 is 2.74 bits per heavy atom.